The summed E-state index contributed by atoms with van der Waals surface area (Å²) in [4.78, 5) is 10.1. The first-order chi connectivity index (χ1) is 9.49. The third-order valence-corrected chi connectivity index (χ3v) is 6.89. The smallest absolute Gasteiger partial charge is 0.183 e. The highest BCUT2D eigenvalue weighted by molar-refractivity contribution is 7.92. The highest BCUT2D eigenvalue weighted by atomic mass is 32.2. The van der Waals surface area contributed by atoms with Gasteiger partial charge in [0, 0.05) is 25.5 Å². The van der Waals surface area contributed by atoms with E-state index in [-0.39, 0.29) is 11.4 Å². The van der Waals surface area contributed by atoms with E-state index < -0.39 is 14.6 Å². The van der Waals surface area contributed by atoms with Gasteiger partial charge in [0.25, 0.3) is 0 Å². The summed E-state index contributed by atoms with van der Waals surface area (Å²) in [6.45, 7) is 4.52. The molecule has 2 heterocycles. The van der Waals surface area contributed by atoms with Gasteiger partial charge in [-0.1, -0.05) is 13.8 Å². The van der Waals surface area contributed by atoms with E-state index in [2.05, 4.69) is 9.97 Å². The van der Waals surface area contributed by atoms with Gasteiger partial charge in [-0.15, -0.1) is 0 Å². The van der Waals surface area contributed by atoms with Gasteiger partial charge in [-0.3, -0.25) is 0 Å². The molecule has 0 N–H and O–H groups in total. The molecule has 6 nitrogen and oxygen atoms in total. The van der Waals surface area contributed by atoms with E-state index in [1.807, 2.05) is 24.8 Å². The maximum atomic E-state index is 12.4. The average Bonchev–Trinajstić information content (AvgIpc) is 2.47. The van der Waals surface area contributed by atoms with Crippen molar-refractivity contribution in [2.45, 2.75) is 31.4 Å². The lowest BCUT2D eigenvalue weighted by Gasteiger charge is -2.41. The molecule has 0 saturated carbocycles. The van der Waals surface area contributed by atoms with Crippen molar-refractivity contribution in [3.05, 3.63) is 18.1 Å². The summed E-state index contributed by atoms with van der Waals surface area (Å²) in [6.07, 6.45) is 4.11. The van der Waals surface area contributed by atoms with Crippen LogP contribution < -0.4 is 4.90 Å². The molecule has 1 aromatic rings. The molecule has 0 unspecified atom stereocenters. The molecular weight excluding hydrogens is 276 g/mol. The standard InChI is InChI=1S/C13H18N4O2S/c1-3-13(4-2)10-17(7-8-20(13,18)19)12-11(9-14)15-5-6-16-12/h5-6H,3-4,7-8,10H2,1-2H3. The minimum atomic E-state index is -3.12. The highest BCUT2D eigenvalue weighted by Crippen LogP contribution is 2.33. The van der Waals surface area contributed by atoms with Crippen LogP contribution in [0.1, 0.15) is 32.4 Å². The van der Waals surface area contributed by atoms with Gasteiger partial charge in [0.1, 0.15) is 6.07 Å². The Hall–Kier alpha value is -1.68. The van der Waals surface area contributed by atoms with Crippen LogP contribution >= 0.6 is 0 Å². The number of nitrogens with zero attached hydrogens (tertiary/aromatic N) is 4. The number of nitriles is 1. The van der Waals surface area contributed by atoms with Crippen molar-refractivity contribution in [2.24, 2.45) is 0 Å². The highest BCUT2D eigenvalue weighted by Gasteiger charge is 2.45. The second-order valence-electron chi connectivity index (χ2n) is 4.97. The number of sulfone groups is 1. The lowest BCUT2D eigenvalue weighted by atomic mass is 10.0. The summed E-state index contributed by atoms with van der Waals surface area (Å²) in [5.74, 6) is 0.576. The van der Waals surface area contributed by atoms with Crippen LogP contribution in [0.5, 0.6) is 0 Å². The maximum Gasteiger partial charge on any atom is 0.183 e. The fourth-order valence-electron chi connectivity index (χ4n) is 2.71. The van der Waals surface area contributed by atoms with Crippen molar-refractivity contribution < 1.29 is 8.42 Å². The van der Waals surface area contributed by atoms with Gasteiger partial charge in [-0.2, -0.15) is 5.26 Å². The van der Waals surface area contributed by atoms with Gasteiger partial charge in [-0.25, -0.2) is 18.4 Å². The molecular formula is C13H18N4O2S. The van der Waals surface area contributed by atoms with E-state index in [0.29, 0.717) is 31.7 Å². The summed E-state index contributed by atoms with van der Waals surface area (Å²) in [5, 5.41) is 9.10. The number of hydrogen-bond donors (Lipinski definition) is 0. The predicted molar refractivity (Wildman–Crippen MR) is 76.1 cm³/mol. The summed E-state index contributed by atoms with van der Waals surface area (Å²) in [7, 11) is -3.12. The Labute approximate surface area is 119 Å². The van der Waals surface area contributed by atoms with Gasteiger partial charge in [0.2, 0.25) is 0 Å². The molecule has 20 heavy (non-hydrogen) atoms. The SMILES string of the molecule is CCC1(CC)CN(c2nccnc2C#N)CCS1(=O)=O. The first kappa shape index (κ1) is 14.7. The minimum absolute atomic E-state index is 0.0934. The van der Waals surface area contributed by atoms with Crippen LogP contribution in [0, 0.1) is 11.3 Å². The van der Waals surface area contributed by atoms with E-state index in [0.717, 1.165) is 0 Å². The molecule has 0 aromatic carbocycles. The van der Waals surface area contributed by atoms with Crippen LogP contribution in [0.15, 0.2) is 12.4 Å². The molecule has 108 valence electrons. The molecule has 0 bridgehead atoms. The Bertz CT molecular complexity index is 632. The number of hydrogen-bond acceptors (Lipinski definition) is 6. The van der Waals surface area contributed by atoms with Crippen molar-refractivity contribution in [2.75, 3.05) is 23.7 Å². The van der Waals surface area contributed by atoms with Crippen LogP contribution in [0.25, 0.3) is 0 Å². The van der Waals surface area contributed by atoms with Crippen LogP contribution in [0.4, 0.5) is 5.82 Å². The Morgan fingerprint density at radius 1 is 1.35 bits per heavy atom. The van der Waals surface area contributed by atoms with E-state index in [9.17, 15) is 8.42 Å². The lowest BCUT2D eigenvalue weighted by Crippen LogP contribution is -2.56. The van der Waals surface area contributed by atoms with Crippen molar-refractivity contribution in [1.82, 2.24) is 9.97 Å². The lowest BCUT2D eigenvalue weighted by molar-refractivity contribution is 0.457. The van der Waals surface area contributed by atoms with E-state index in [4.69, 9.17) is 5.26 Å². The van der Waals surface area contributed by atoms with E-state index >= 15 is 0 Å². The Balaban J connectivity index is 2.41. The summed E-state index contributed by atoms with van der Waals surface area (Å²) in [5.41, 5.74) is 0.243. The van der Waals surface area contributed by atoms with Gasteiger partial charge >= 0.3 is 0 Å². The number of anilines is 1. The van der Waals surface area contributed by atoms with Crippen molar-refractivity contribution in [1.29, 1.82) is 5.26 Å². The Morgan fingerprint density at radius 3 is 2.60 bits per heavy atom. The van der Waals surface area contributed by atoms with Crippen LogP contribution in [0.2, 0.25) is 0 Å². The molecule has 1 aromatic heterocycles. The van der Waals surface area contributed by atoms with Gasteiger partial charge in [-0.05, 0) is 12.8 Å². The molecule has 1 aliphatic heterocycles. The van der Waals surface area contributed by atoms with Crippen molar-refractivity contribution >= 4 is 15.7 Å². The molecule has 0 aliphatic carbocycles. The number of aromatic nitrogens is 2. The topological polar surface area (TPSA) is 86.9 Å². The fourth-order valence-corrected chi connectivity index (χ4v) is 4.83. The zero-order valence-electron chi connectivity index (χ0n) is 11.7. The molecule has 7 heteroatoms. The van der Waals surface area contributed by atoms with Crippen LogP contribution in [0.3, 0.4) is 0 Å². The molecule has 1 aliphatic rings. The van der Waals surface area contributed by atoms with E-state index in [1.165, 1.54) is 12.4 Å². The minimum Gasteiger partial charge on any atom is -0.352 e. The van der Waals surface area contributed by atoms with Gasteiger partial charge < -0.3 is 4.90 Å². The normalized spacial score (nSPS) is 20.4. The molecule has 1 fully saturated rings. The predicted octanol–water partition coefficient (Wildman–Crippen LogP) is 1.14. The molecule has 0 atom stereocenters. The summed E-state index contributed by atoms with van der Waals surface area (Å²) in [6, 6.07) is 2.01. The monoisotopic (exact) mass is 294 g/mol. The zero-order valence-corrected chi connectivity index (χ0v) is 12.5. The molecule has 0 spiro atoms. The molecule has 1 saturated heterocycles. The van der Waals surface area contributed by atoms with Gasteiger partial charge in [0.15, 0.2) is 21.3 Å². The quantitative estimate of drug-likeness (QED) is 0.831. The third kappa shape index (κ3) is 2.24. The third-order valence-electron chi connectivity index (χ3n) is 4.14. The first-order valence-electron chi connectivity index (χ1n) is 6.68. The summed E-state index contributed by atoms with van der Waals surface area (Å²) >= 11 is 0. The maximum absolute atomic E-state index is 12.4. The Morgan fingerprint density at radius 2 is 2.00 bits per heavy atom. The fraction of sp³-hybridized carbons (Fsp3) is 0.615. The van der Waals surface area contributed by atoms with Crippen molar-refractivity contribution in [3.8, 4) is 6.07 Å². The average molecular weight is 294 g/mol. The molecule has 0 radical (unpaired) electrons. The Kier molecular flexibility index (Phi) is 3.95. The van der Waals surface area contributed by atoms with Crippen LogP contribution in [-0.4, -0.2) is 42.0 Å². The number of rotatable bonds is 3. The largest absolute Gasteiger partial charge is 0.352 e. The first-order valence-corrected chi connectivity index (χ1v) is 8.33. The van der Waals surface area contributed by atoms with Crippen LogP contribution in [-0.2, 0) is 9.84 Å². The molecule has 0 amide bonds. The zero-order chi connectivity index (χ0) is 14.8. The van der Waals surface area contributed by atoms with E-state index in [1.54, 1.807) is 0 Å². The van der Waals surface area contributed by atoms with Gasteiger partial charge in [0.05, 0.1) is 10.5 Å². The second-order valence-corrected chi connectivity index (χ2v) is 7.47. The summed E-state index contributed by atoms with van der Waals surface area (Å²) < 4.78 is 24.0. The molecule has 2 rings (SSSR count). The van der Waals surface area contributed by atoms with Crippen molar-refractivity contribution in [3.63, 3.8) is 0 Å². The second kappa shape index (κ2) is 5.37.